The molecule has 1 unspecified atom stereocenters. The van der Waals surface area contributed by atoms with E-state index in [2.05, 4.69) is 21.2 Å². The lowest BCUT2D eigenvalue weighted by Crippen LogP contribution is -2.28. The number of halogens is 1. The second-order valence-electron chi connectivity index (χ2n) is 5.02. The van der Waals surface area contributed by atoms with E-state index in [-0.39, 0.29) is 28.9 Å². The Bertz CT molecular complexity index is 732. The number of nitrogens with two attached hydrogens (primary N) is 1. The van der Waals surface area contributed by atoms with Gasteiger partial charge in [0.25, 0.3) is 11.6 Å². The van der Waals surface area contributed by atoms with Crippen molar-refractivity contribution in [1.82, 2.24) is 5.32 Å². The maximum atomic E-state index is 12.4. The average molecular weight is 378 g/mol. The summed E-state index contributed by atoms with van der Waals surface area (Å²) < 4.78 is 0.955. The molecular weight excluding hydrogens is 362 g/mol. The first-order valence-corrected chi connectivity index (χ1v) is 7.82. The Morgan fingerprint density at radius 2 is 1.96 bits per heavy atom. The largest absolute Gasteiger partial charge is 0.393 e. The minimum absolute atomic E-state index is 0.0338. The summed E-state index contributed by atoms with van der Waals surface area (Å²) in [6, 6.07) is 11.5. The van der Waals surface area contributed by atoms with Crippen LogP contribution in [0.4, 0.5) is 11.4 Å². The van der Waals surface area contributed by atoms with E-state index >= 15 is 0 Å². The molecule has 120 valence electrons. The van der Waals surface area contributed by atoms with Gasteiger partial charge in [0.05, 0.1) is 11.0 Å². The lowest BCUT2D eigenvalue weighted by molar-refractivity contribution is -0.383. The van der Waals surface area contributed by atoms with Crippen LogP contribution in [-0.2, 0) is 0 Å². The third-order valence-electron chi connectivity index (χ3n) is 3.48. The number of nitrogen functional groups attached to an aromatic ring is 1. The molecule has 0 aliphatic heterocycles. The molecule has 0 radical (unpaired) electrons. The minimum Gasteiger partial charge on any atom is -0.393 e. The van der Waals surface area contributed by atoms with Crippen molar-refractivity contribution >= 4 is 33.2 Å². The molecule has 0 saturated carbocycles. The van der Waals surface area contributed by atoms with E-state index in [0.717, 1.165) is 10.0 Å². The Hall–Kier alpha value is -2.41. The van der Waals surface area contributed by atoms with E-state index in [9.17, 15) is 14.9 Å². The van der Waals surface area contributed by atoms with E-state index in [1.54, 1.807) is 0 Å². The summed E-state index contributed by atoms with van der Waals surface area (Å²) in [4.78, 5) is 22.7. The quantitative estimate of drug-likeness (QED) is 0.469. The van der Waals surface area contributed by atoms with Crippen molar-refractivity contribution in [3.05, 3.63) is 68.2 Å². The van der Waals surface area contributed by atoms with Crippen LogP contribution in [0.5, 0.6) is 0 Å². The molecule has 1 amide bonds. The van der Waals surface area contributed by atoms with E-state index in [4.69, 9.17) is 5.73 Å². The second kappa shape index (κ2) is 7.23. The van der Waals surface area contributed by atoms with Crippen molar-refractivity contribution in [1.29, 1.82) is 0 Å². The summed E-state index contributed by atoms with van der Waals surface area (Å²) in [5.41, 5.74) is 6.49. The molecule has 2 aromatic rings. The van der Waals surface area contributed by atoms with Crippen molar-refractivity contribution in [2.45, 2.75) is 19.4 Å². The van der Waals surface area contributed by atoms with Crippen molar-refractivity contribution in [3.8, 4) is 0 Å². The topological polar surface area (TPSA) is 98.3 Å². The van der Waals surface area contributed by atoms with E-state index < -0.39 is 4.92 Å². The predicted octanol–water partition coefficient (Wildman–Crippen LogP) is 3.82. The monoisotopic (exact) mass is 377 g/mol. The fraction of sp³-hybridized carbons (Fsp3) is 0.188. The smallest absolute Gasteiger partial charge is 0.292 e. The highest BCUT2D eigenvalue weighted by atomic mass is 79.9. The molecule has 0 heterocycles. The number of amides is 1. The Morgan fingerprint density at radius 3 is 2.52 bits per heavy atom. The van der Waals surface area contributed by atoms with Crippen LogP contribution in [0.15, 0.2) is 46.9 Å². The Labute approximate surface area is 142 Å². The molecule has 0 bridgehead atoms. The molecule has 2 rings (SSSR count). The molecule has 0 aliphatic rings. The van der Waals surface area contributed by atoms with Gasteiger partial charge in [0, 0.05) is 16.1 Å². The molecule has 0 saturated heterocycles. The first-order valence-electron chi connectivity index (χ1n) is 7.02. The fourth-order valence-corrected chi connectivity index (χ4v) is 2.47. The number of hydrogen-bond donors (Lipinski definition) is 2. The van der Waals surface area contributed by atoms with Crippen LogP contribution < -0.4 is 11.1 Å². The lowest BCUT2D eigenvalue weighted by Gasteiger charge is -2.17. The Kier molecular flexibility index (Phi) is 5.33. The minimum atomic E-state index is -0.599. The Morgan fingerprint density at radius 1 is 1.30 bits per heavy atom. The van der Waals surface area contributed by atoms with Gasteiger partial charge in [0.2, 0.25) is 0 Å². The Balaban J connectivity index is 2.21. The summed E-state index contributed by atoms with van der Waals surface area (Å²) in [7, 11) is 0. The van der Waals surface area contributed by atoms with E-state index in [0.29, 0.717) is 6.42 Å². The van der Waals surface area contributed by atoms with Crippen molar-refractivity contribution in [2.24, 2.45) is 0 Å². The molecule has 6 nitrogen and oxygen atoms in total. The van der Waals surface area contributed by atoms with Gasteiger partial charge >= 0.3 is 0 Å². The molecule has 0 spiro atoms. The number of anilines is 1. The summed E-state index contributed by atoms with van der Waals surface area (Å²) in [6.45, 7) is 1.96. The third-order valence-corrected chi connectivity index (χ3v) is 4.00. The van der Waals surface area contributed by atoms with Gasteiger partial charge in [-0.15, -0.1) is 0 Å². The summed E-state index contributed by atoms with van der Waals surface area (Å²) in [5, 5.41) is 13.8. The molecule has 0 aromatic heterocycles. The number of nitro groups is 1. The van der Waals surface area contributed by atoms with Crippen LogP contribution in [0.2, 0.25) is 0 Å². The number of rotatable bonds is 5. The average Bonchev–Trinajstić information content (AvgIpc) is 2.53. The number of carbonyl (C=O) groups is 1. The lowest BCUT2D eigenvalue weighted by atomic mass is 10.0. The summed E-state index contributed by atoms with van der Waals surface area (Å²) in [5.74, 6) is -0.372. The van der Waals surface area contributed by atoms with E-state index in [1.807, 2.05) is 31.2 Å². The zero-order valence-corrected chi connectivity index (χ0v) is 14.0. The van der Waals surface area contributed by atoms with Gasteiger partial charge in [-0.25, -0.2) is 0 Å². The highest BCUT2D eigenvalue weighted by Crippen LogP contribution is 2.24. The molecule has 7 heteroatoms. The van der Waals surface area contributed by atoms with Crippen LogP contribution in [0.25, 0.3) is 0 Å². The van der Waals surface area contributed by atoms with Gasteiger partial charge in [-0.2, -0.15) is 0 Å². The van der Waals surface area contributed by atoms with Gasteiger partial charge in [-0.1, -0.05) is 35.0 Å². The molecule has 3 N–H and O–H groups in total. The molecule has 23 heavy (non-hydrogen) atoms. The maximum absolute atomic E-state index is 12.4. The van der Waals surface area contributed by atoms with Crippen LogP contribution in [0, 0.1) is 10.1 Å². The van der Waals surface area contributed by atoms with Crippen LogP contribution >= 0.6 is 15.9 Å². The number of nitrogens with zero attached hydrogens (tertiary/aromatic N) is 1. The van der Waals surface area contributed by atoms with Gasteiger partial charge < -0.3 is 11.1 Å². The first kappa shape index (κ1) is 17.0. The zero-order chi connectivity index (χ0) is 17.0. The number of nitrogens with one attached hydrogen (secondary N) is 1. The number of benzene rings is 2. The van der Waals surface area contributed by atoms with Crippen LogP contribution in [-0.4, -0.2) is 10.8 Å². The number of carbonyl (C=O) groups excluding carboxylic acids is 1. The highest BCUT2D eigenvalue weighted by Gasteiger charge is 2.18. The molecule has 2 aromatic carbocycles. The van der Waals surface area contributed by atoms with Crippen LogP contribution in [0.1, 0.15) is 35.3 Å². The van der Waals surface area contributed by atoms with E-state index in [1.165, 1.54) is 18.2 Å². The molecule has 0 fully saturated rings. The molecule has 1 atom stereocenters. The van der Waals surface area contributed by atoms with Crippen molar-refractivity contribution in [3.63, 3.8) is 0 Å². The van der Waals surface area contributed by atoms with Crippen molar-refractivity contribution in [2.75, 3.05) is 5.73 Å². The summed E-state index contributed by atoms with van der Waals surface area (Å²) >= 11 is 3.37. The zero-order valence-electron chi connectivity index (χ0n) is 12.5. The SMILES string of the molecule is CCC(NC(=O)c1ccc(N)c([N+](=O)[O-])c1)c1ccc(Br)cc1. The second-order valence-corrected chi connectivity index (χ2v) is 5.93. The first-order chi connectivity index (χ1) is 10.9. The number of nitro benzene ring substituents is 1. The number of hydrogen-bond acceptors (Lipinski definition) is 4. The molecule has 0 aliphatic carbocycles. The third kappa shape index (κ3) is 4.07. The van der Waals surface area contributed by atoms with Crippen LogP contribution in [0.3, 0.4) is 0 Å². The maximum Gasteiger partial charge on any atom is 0.292 e. The van der Waals surface area contributed by atoms with Gasteiger partial charge in [0.1, 0.15) is 5.69 Å². The van der Waals surface area contributed by atoms with Gasteiger partial charge in [-0.05, 0) is 36.2 Å². The predicted molar refractivity (Wildman–Crippen MR) is 92.1 cm³/mol. The summed E-state index contributed by atoms with van der Waals surface area (Å²) in [6.07, 6.45) is 0.699. The molecular formula is C16H16BrN3O3. The standard InChI is InChI=1S/C16H16BrN3O3/c1-2-14(10-3-6-12(17)7-4-10)19-16(21)11-5-8-13(18)15(9-11)20(22)23/h3-9,14H,2,18H2,1H3,(H,19,21). The highest BCUT2D eigenvalue weighted by molar-refractivity contribution is 9.10. The fourth-order valence-electron chi connectivity index (χ4n) is 2.20. The van der Waals surface area contributed by atoms with Crippen molar-refractivity contribution < 1.29 is 9.72 Å². The van der Waals surface area contributed by atoms with Gasteiger partial charge in [0.15, 0.2) is 0 Å². The van der Waals surface area contributed by atoms with Gasteiger partial charge in [-0.3, -0.25) is 14.9 Å². The normalized spacial score (nSPS) is 11.7.